The first-order valence-electron chi connectivity index (χ1n) is 5.67. The molecule has 0 amide bonds. The van der Waals surface area contributed by atoms with Crippen LogP contribution < -0.4 is 0 Å². The van der Waals surface area contributed by atoms with Gasteiger partial charge in [-0.05, 0) is 25.7 Å². The van der Waals surface area contributed by atoms with Gasteiger partial charge in [-0.15, -0.1) is 0 Å². The summed E-state index contributed by atoms with van der Waals surface area (Å²) in [4.78, 5) is 11.6. The van der Waals surface area contributed by atoms with E-state index in [1.54, 1.807) is 0 Å². The molecule has 0 aromatic rings. The minimum absolute atomic E-state index is 0.113. The lowest BCUT2D eigenvalue weighted by atomic mass is 9.85. The van der Waals surface area contributed by atoms with Gasteiger partial charge in [0.1, 0.15) is 5.76 Å². The first-order valence-corrected chi connectivity index (χ1v) is 5.67. The second kappa shape index (κ2) is 5.91. The molecule has 1 N–H and O–H groups in total. The van der Waals surface area contributed by atoms with Crippen LogP contribution in [0.5, 0.6) is 0 Å². The molecule has 0 spiro atoms. The first-order chi connectivity index (χ1) is 7.15. The monoisotopic (exact) mass is 212 g/mol. The standard InChI is InChI=1S/C12H20O3/c1-3-15-7-6-12(14)10-8-9(2)4-5-11(10)13/h9,14H,3-8H2,1-2H3. The maximum absolute atomic E-state index is 11.6. The summed E-state index contributed by atoms with van der Waals surface area (Å²) in [5.74, 6) is 0.856. The Bertz CT molecular complexity index is 256. The zero-order chi connectivity index (χ0) is 11.3. The van der Waals surface area contributed by atoms with Crippen LogP contribution in [0.4, 0.5) is 0 Å². The fourth-order valence-corrected chi connectivity index (χ4v) is 1.84. The maximum Gasteiger partial charge on any atom is 0.162 e. The third-order valence-corrected chi connectivity index (χ3v) is 2.79. The SMILES string of the molecule is CCOCCC(O)=C1CC(C)CCC1=O. The van der Waals surface area contributed by atoms with Gasteiger partial charge in [-0.1, -0.05) is 6.92 Å². The highest BCUT2D eigenvalue weighted by atomic mass is 16.5. The van der Waals surface area contributed by atoms with Crippen molar-refractivity contribution < 1.29 is 14.6 Å². The Morgan fingerprint density at radius 3 is 3.00 bits per heavy atom. The third-order valence-electron chi connectivity index (χ3n) is 2.79. The van der Waals surface area contributed by atoms with Crippen LogP contribution >= 0.6 is 0 Å². The van der Waals surface area contributed by atoms with Crippen LogP contribution in [0.2, 0.25) is 0 Å². The van der Waals surface area contributed by atoms with Gasteiger partial charge in [0.15, 0.2) is 5.78 Å². The molecule has 1 aliphatic carbocycles. The number of hydrogen-bond acceptors (Lipinski definition) is 3. The van der Waals surface area contributed by atoms with Gasteiger partial charge >= 0.3 is 0 Å². The normalized spacial score (nSPS) is 25.5. The molecule has 0 aromatic heterocycles. The summed E-state index contributed by atoms with van der Waals surface area (Å²) in [7, 11) is 0. The molecular formula is C12H20O3. The number of aliphatic hydroxyl groups is 1. The van der Waals surface area contributed by atoms with Gasteiger partial charge in [0.25, 0.3) is 0 Å². The first kappa shape index (κ1) is 12.2. The van der Waals surface area contributed by atoms with Crippen LogP contribution in [0.15, 0.2) is 11.3 Å². The van der Waals surface area contributed by atoms with Crippen molar-refractivity contribution >= 4 is 5.78 Å². The van der Waals surface area contributed by atoms with E-state index in [0.717, 1.165) is 12.8 Å². The zero-order valence-electron chi connectivity index (χ0n) is 9.58. The van der Waals surface area contributed by atoms with Gasteiger partial charge in [0.05, 0.1) is 6.61 Å². The molecule has 1 saturated carbocycles. The molecule has 1 aliphatic rings. The highest BCUT2D eigenvalue weighted by molar-refractivity contribution is 5.96. The van der Waals surface area contributed by atoms with Crippen LogP contribution in [0, 0.1) is 5.92 Å². The molecule has 1 atom stereocenters. The predicted octanol–water partition coefficient (Wildman–Crippen LogP) is 2.61. The van der Waals surface area contributed by atoms with Crippen molar-refractivity contribution in [3.63, 3.8) is 0 Å². The topological polar surface area (TPSA) is 46.5 Å². The van der Waals surface area contributed by atoms with E-state index >= 15 is 0 Å². The van der Waals surface area contributed by atoms with Crippen LogP contribution in [0.25, 0.3) is 0 Å². The molecular weight excluding hydrogens is 192 g/mol. The van der Waals surface area contributed by atoms with Crippen molar-refractivity contribution in [2.45, 2.75) is 39.5 Å². The summed E-state index contributed by atoms with van der Waals surface area (Å²) in [6, 6.07) is 0. The molecule has 0 saturated heterocycles. The van der Waals surface area contributed by atoms with Crippen LogP contribution in [-0.2, 0) is 9.53 Å². The number of rotatable bonds is 4. The lowest BCUT2D eigenvalue weighted by Gasteiger charge is -2.20. The number of ether oxygens (including phenoxy) is 1. The molecule has 0 heterocycles. The quantitative estimate of drug-likeness (QED) is 0.442. The van der Waals surface area contributed by atoms with Gasteiger partial charge in [-0.2, -0.15) is 0 Å². The summed E-state index contributed by atoms with van der Waals surface area (Å²) in [5.41, 5.74) is 0.633. The van der Waals surface area contributed by atoms with E-state index in [4.69, 9.17) is 4.74 Å². The smallest absolute Gasteiger partial charge is 0.162 e. The summed E-state index contributed by atoms with van der Waals surface area (Å²) in [5, 5.41) is 9.77. The van der Waals surface area contributed by atoms with Crippen molar-refractivity contribution in [2.24, 2.45) is 5.92 Å². The molecule has 0 bridgehead atoms. The van der Waals surface area contributed by atoms with Gasteiger partial charge in [0.2, 0.25) is 0 Å². The van der Waals surface area contributed by atoms with Crippen molar-refractivity contribution in [3.05, 3.63) is 11.3 Å². The Balaban J connectivity index is 2.56. The molecule has 0 aliphatic heterocycles. The number of hydrogen-bond donors (Lipinski definition) is 1. The Morgan fingerprint density at radius 2 is 2.33 bits per heavy atom. The molecule has 0 aromatic carbocycles. The van der Waals surface area contributed by atoms with Crippen LogP contribution in [0.3, 0.4) is 0 Å². The molecule has 1 unspecified atom stereocenters. The fourth-order valence-electron chi connectivity index (χ4n) is 1.84. The Morgan fingerprint density at radius 1 is 1.60 bits per heavy atom. The largest absolute Gasteiger partial charge is 0.512 e. The Hall–Kier alpha value is -0.830. The van der Waals surface area contributed by atoms with E-state index < -0.39 is 0 Å². The summed E-state index contributed by atoms with van der Waals surface area (Å²) < 4.78 is 5.15. The molecule has 1 fully saturated rings. The average molecular weight is 212 g/mol. The van der Waals surface area contributed by atoms with E-state index in [1.807, 2.05) is 6.92 Å². The van der Waals surface area contributed by atoms with E-state index in [2.05, 4.69) is 6.92 Å². The van der Waals surface area contributed by atoms with Gasteiger partial charge in [-0.25, -0.2) is 0 Å². The average Bonchev–Trinajstić information content (AvgIpc) is 2.22. The zero-order valence-corrected chi connectivity index (χ0v) is 9.58. The van der Waals surface area contributed by atoms with Gasteiger partial charge in [-0.3, -0.25) is 4.79 Å². The minimum Gasteiger partial charge on any atom is -0.512 e. The number of Topliss-reactive ketones (excluding diaryl/α,β-unsaturated/α-hetero) is 1. The second-order valence-electron chi connectivity index (χ2n) is 4.14. The number of aliphatic hydroxyl groups excluding tert-OH is 1. The van der Waals surface area contributed by atoms with Crippen molar-refractivity contribution in [1.29, 1.82) is 0 Å². The van der Waals surface area contributed by atoms with Crippen LogP contribution in [-0.4, -0.2) is 24.1 Å². The second-order valence-corrected chi connectivity index (χ2v) is 4.14. The van der Waals surface area contributed by atoms with E-state index in [-0.39, 0.29) is 11.5 Å². The molecule has 15 heavy (non-hydrogen) atoms. The summed E-state index contributed by atoms with van der Waals surface area (Å²) in [6.07, 6.45) is 2.70. The lowest BCUT2D eigenvalue weighted by Crippen LogP contribution is -2.17. The third kappa shape index (κ3) is 3.67. The van der Waals surface area contributed by atoms with E-state index in [0.29, 0.717) is 37.5 Å². The fraction of sp³-hybridized carbons (Fsp3) is 0.750. The van der Waals surface area contributed by atoms with Crippen molar-refractivity contribution in [2.75, 3.05) is 13.2 Å². The number of carbonyl (C=O) groups excluding carboxylic acids is 1. The molecule has 3 nitrogen and oxygen atoms in total. The van der Waals surface area contributed by atoms with Gasteiger partial charge < -0.3 is 9.84 Å². The highest BCUT2D eigenvalue weighted by Gasteiger charge is 2.23. The van der Waals surface area contributed by atoms with Crippen molar-refractivity contribution in [3.8, 4) is 0 Å². The Labute approximate surface area is 91.1 Å². The van der Waals surface area contributed by atoms with Gasteiger partial charge in [0, 0.05) is 25.0 Å². The molecule has 3 heteroatoms. The lowest BCUT2D eigenvalue weighted by molar-refractivity contribution is -0.117. The minimum atomic E-state index is 0.113. The highest BCUT2D eigenvalue weighted by Crippen LogP contribution is 2.27. The molecule has 0 radical (unpaired) electrons. The predicted molar refractivity (Wildman–Crippen MR) is 58.8 cm³/mol. The molecule has 1 rings (SSSR count). The van der Waals surface area contributed by atoms with Crippen LogP contribution in [0.1, 0.15) is 39.5 Å². The Kier molecular flexibility index (Phi) is 4.82. The number of ketones is 1. The van der Waals surface area contributed by atoms with E-state index in [9.17, 15) is 9.90 Å². The number of carbonyl (C=O) groups is 1. The summed E-state index contributed by atoms with van der Waals surface area (Å²) >= 11 is 0. The van der Waals surface area contributed by atoms with Crippen molar-refractivity contribution in [1.82, 2.24) is 0 Å². The van der Waals surface area contributed by atoms with E-state index in [1.165, 1.54) is 0 Å². The summed E-state index contributed by atoms with van der Waals surface area (Å²) in [6.45, 7) is 5.17. The maximum atomic E-state index is 11.6. The number of allylic oxidation sites excluding steroid dienone is 1. The molecule has 86 valence electrons.